The SMILES string of the molecule is O=C(/C=C/c1cccc([N+](=O)[O-])c1)NCCCc1ccc(F)cc1. The Morgan fingerprint density at radius 2 is 1.96 bits per heavy atom. The molecule has 2 aromatic carbocycles. The zero-order valence-electron chi connectivity index (χ0n) is 12.9. The van der Waals surface area contributed by atoms with Gasteiger partial charge in [0.1, 0.15) is 5.82 Å². The fourth-order valence-electron chi connectivity index (χ4n) is 2.13. The second-order valence-electron chi connectivity index (χ2n) is 5.21. The highest BCUT2D eigenvalue weighted by Crippen LogP contribution is 2.14. The van der Waals surface area contributed by atoms with Crippen molar-refractivity contribution in [2.75, 3.05) is 6.54 Å². The van der Waals surface area contributed by atoms with Crippen LogP contribution in [0.2, 0.25) is 0 Å². The van der Waals surface area contributed by atoms with Gasteiger partial charge in [-0.05, 0) is 42.2 Å². The van der Waals surface area contributed by atoms with Crippen molar-refractivity contribution in [3.8, 4) is 0 Å². The molecule has 0 atom stereocenters. The summed E-state index contributed by atoms with van der Waals surface area (Å²) in [6.07, 6.45) is 4.36. The number of benzene rings is 2. The fourth-order valence-corrected chi connectivity index (χ4v) is 2.13. The van der Waals surface area contributed by atoms with Crippen LogP contribution in [0.3, 0.4) is 0 Å². The number of carbonyl (C=O) groups excluding carboxylic acids is 1. The monoisotopic (exact) mass is 328 g/mol. The van der Waals surface area contributed by atoms with Gasteiger partial charge in [0, 0.05) is 24.8 Å². The van der Waals surface area contributed by atoms with Gasteiger partial charge in [0.15, 0.2) is 0 Å². The molecule has 0 fully saturated rings. The van der Waals surface area contributed by atoms with Crippen LogP contribution in [0, 0.1) is 15.9 Å². The highest BCUT2D eigenvalue weighted by molar-refractivity contribution is 5.91. The molecule has 6 heteroatoms. The molecule has 124 valence electrons. The van der Waals surface area contributed by atoms with Gasteiger partial charge in [0.2, 0.25) is 5.91 Å². The maximum absolute atomic E-state index is 12.8. The minimum atomic E-state index is -0.479. The number of nitrogens with one attached hydrogen (secondary N) is 1. The van der Waals surface area contributed by atoms with Crippen molar-refractivity contribution in [3.05, 3.63) is 81.7 Å². The van der Waals surface area contributed by atoms with E-state index in [-0.39, 0.29) is 17.4 Å². The molecule has 24 heavy (non-hydrogen) atoms. The summed E-state index contributed by atoms with van der Waals surface area (Å²) in [7, 11) is 0. The van der Waals surface area contributed by atoms with Crippen molar-refractivity contribution in [2.45, 2.75) is 12.8 Å². The Bertz CT molecular complexity index is 742. The zero-order chi connectivity index (χ0) is 17.4. The largest absolute Gasteiger partial charge is 0.353 e. The van der Waals surface area contributed by atoms with Gasteiger partial charge >= 0.3 is 0 Å². The molecule has 2 aromatic rings. The lowest BCUT2D eigenvalue weighted by atomic mass is 10.1. The normalized spacial score (nSPS) is 10.7. The summed E-state index contributed by atoms with van der Waals surface area (Å²) in [6, 6.07) is 12.3. The van der Waals surface area contributed by atoms with E-state index in [0.29, 0.717) is 12.1 Å². The molecule has 0 saturated heterocycles. The third kappa shape index (κ3) is 5.64. The van der Waals surface area contributed by atoms with Gasteiger partial charge in [-0.15, -0.1) is 0 Å². The fraction of sp³-hybridized carbons (Fsp3) is 0.167. The highest BCUT2D eigenvalue weighted by Gasteiger charge is 2.04. The number of rotatable bonds is 7. The van der Waals surface area contributed by atoms with Crippen LogP contribution in [0.1, 0.15) is 17.5 Å². The average molecular weight is 328 g/mol. The number of nitro groups is 1. The van der Waals surface area contributed by atoms with Gasteiger partial charge in [0.25, 0.3) is 5.69 Å². The van der Waals surface area contributed by atoms with Gasteiger partial charge in [0.05, 0.1) is 4.92 Å². The number of carbonyl (C=O) groups is 1. The molecule has 0 heterocycles. The van der Waals surface area contributed by atoms with Crippen LogP contribution in [0.25, 0.3) is 6.08 Å². The van der Waals surface area contributed by atoms with E-state index in [1.54, 1.807) is 24.3 Å². The third-order valence-electron chi connectivity index (χ3n) is 3.36. The van der Waals surface area contributed by atoms with E-state index in [4.69, 9.17) is 0 Å². The van der Waals surface area contributed by atoms with Crippen LogP contribution < -0.4 is 5.32 Å². The molecule has 0 aliphatic heterocycles. The van der Waals surface area contributed by atoms with Crippen molar-refractivity contribution in [3.63, 3.8) is 0 Å². The second kappa shape index (κ2) is 8.57. The smallest absolute Gasteiger partial charge is 0.270 e. The van der Waals surface area contributed by atoms with Gasteiger partial charge in [-0.1, -0.05) is 24.3 Å². The van der Waals surface area contributed by atoms with Crippen LogP contribution in [0.4, 0.5) is 10.1 Å². The lowest BCUT2D eigenvalue weighted by Crippen LogP contribution is -2.22. The number of hydrogen-bond acceptors (Lipinski definition) is 3. The number of amides is 1. The first-order valence-corrected chi connectivity index (χ1v) is 7.49. The van der Waals surface area contributed by atoms with Crippen LogP contribution in [0.5, 0.6) is 0 Å². The Kier molecular flexibility index (Phi) is 6.19. The van der Waals surface area contributed by atoms with Crippen molar-refractivity contribution < 1.29 is 14.1 Å². The van der Waals surface area contributed by atoms with Crippen molar-refractivity contribution >= 4 is 17.7 Å². The van der Waals surface area contributed by atoms with E-state index in [9.17, 15) is 19.3 Å². The molecule has 2 rings (SSSR count). The van der Waals surface area contributed by atoms with Gasteiger partial charge in [-0.2, -0.15) is 0 Å². The van der Waals surface area contributed by atoms with Crippen molar-refractivity contribution in [1.82, 2.24) is 5.32 Å². The minimum Gasteiger partial charge on any atom is -0.353 e. The Labute approximate surface area is 139 Å². The molecular formula is C18H17FN2O3. The van der Waals surface area contributed by atoms with Gasteiger partial charge < -0.3 is 5.32 Å². The quantitative estimate of drug-likeness (QED) is 0.366. The minimum absolute atomic E-state index is 0.0168. The second-order valence-corrected chi connectivity index (χ2v) is 5.21. The van der Waals surface area contributed by atoms with Crippen molar-refractivity contribution in [1.29, 1.82) is 0 Å². The Morgan fingerprint density at radius 1 is 1.21 bits per heavy atom. The van der Waals surface area contributed by atoms with E-state index in [1.807, 2.05) is 0 Å². The maximum Gasteiger partial charge on any atom is 0.270 e. The summed E-state index contributed by atoms with van der Waals surface area (Å²) in [6.45, 7) is 0.496. The Morgan fingerprint density at radius 3 is 2.67 bits per heavy atom. The molecule has 0 aliphatic carbocycles. The van der Waals surface area contributed by atoms with E-state index in [2.05, 4.69) is 5.32 Å². The van der Waals surface area contributed by atoms with Crippen LogP contribution in [0.15, 0.2) is 54.6 Å². The summed E-state index contributed by atoms with van der Waals surface area (Å²) in [4.78, 5) is 21.9. The predicted molar refractivity (Wildman–Crippen MR) is 89.9 cm³/mol. The molecule has 0 bridgehead atoms. The predicted octanol–water partition coefficient (Wildman–Crippen LogP) is 3.50. The lowest BCUT2D eigenvalue weighted by molar-refractivity contribution is -0.384. The molecule has 0 radical (unpaired) electrons. The number of non-ortho nitro benzene ring substituents is 1. The first-order chi connectivity index (χ1) is 11.5. The maximum atomic E-state index is 12.8. The van der Waals surface area contributed by atoms with Gasteiger partial charge in [-0.3, -0.25) is 14.9 Å². The van der Waals surface area contributed by atoms with E-state index in [0.717, 1.165) is 18.4 Å². The van der Waals surface area contributed by atoms with Crippen molar-refractivity contribution in [2.24, 2.45) is 0 Å². The summed E-state index contributed by atoms with van der Waals surface area (Å²) in [5, 5.41) is 13.4. The Hall–Kier alpha value is -3.02. The number of nitro benzene ring substituents is 1. The van der Waals surface area contributed by atoms with E-state index >= 15 is 0 Å². The summed E-state index contributed by atoms with van der Waals surface area (Å²) >= 11 is 0. The van der Waals surface area contributed by atoms with Crippen LogP contribution in [-0.2, 0) is 11.2 Å². The molecule has 0 spiro atoms. The highest BCUT2D eigenvalue weighted by atomic mass is 19.1. The number of aryl methyl sites for hydroxylation is 1. The molecule has 5 nitrogen and oxygen atoms in total. The molecule has 0 aliphatic rings. The zero-order valence-corrected chi connectivity index (χ0v) is 12.9. The summed E-state index contributed by atoms with van der Waals surface area (Å²) in [5.74, 6) is -0.529. The topological polar surface area (TPSA) is 72.2 Å². The molecular weight excluding hydrogens is 311 g/mol. The average Bonchev–Trinajstić information content (AvgIpc) is 2.58. The summed E-state index contributed by atoms with van der Waals surface area (Å²) in [5.41, 5.74) is 1.58. The lowest BCUT2D eigenvalue weighted by Gasteiger charge is -2.03. The first-order valence-electron chi connectivity index (χ1n) is 7.49. The first kappa shape index (κ1) is 17.3. The molecule has 1 N–H and O–H groups in total. The molecule has 1 amide bonds. The van der Waals surface area contributed by atoms with Crippen LogP contribution in [-0.4, -0.2) is 17.4 Å². The number of nitrogens with zero attached hydrogens (tertiary/aromatic N) is 1. The molecule has 0 unspecified atom stereocenters. The molecule has 0 aromatic heterocycles. The third-order valence-corrected chi connectivity index (χ3v) is 3.36. The molecule has 0 saturated carbocycles. The number of halogens is 1. The number of hydrogen-bond donors (Lipinski definition) is 1. The van der Waals surface area contributed by atoms with E-state index < -0.39 is 4.92 Å². The standard InChI is InChI=1S/C18H17FN2O3/c19-16-9-6-14(7-10-16)4-2-12-20-18(22)11-8-15-3-1-5-17(13-15)21(23)24/h1,3,5-11,13H,2,4,12H2,(H,20,22)/b11-8+. The van der Waals surface area contributed by atoms with Crippen LogP contribution >= 0.6 is 0 Å². The summed E-state index contributed by atoms with van der Waals surface area (Å²) < 4.78 is 12.8. The van der Waals surface area contributed by atoms with Gasteiger partial charge in [-0.25, -0.2) is 4.39 Å². The van der Waals surface area contributed by atoms with E-state index in [1.165, 1.54) is 36.4 Å². The Balaban J connectivity index is 1.75.